The molecule has 42 heavy (non-hydrogen) atoms. The van der Waals surface area contributed by atoms with Gasteiger partial charge in [0.25, 0.3) is 0 Å². The van der Waals surface area contributed by atoms with Gasteiger partial charge in [-0.25, -0.2) is 0 Å². The number of methoxy groups -OCH3 is 1. The van der Waals surface area contributed by atoms with Gasteiger partial charge in [0.05, 0.1) is 13.2 Å². The summed E-state index contributed by atoms with van der Waals surface area (Å²) < 4.78 is 5.32. The van der Waals surface area contributed by atoms with Crippen LogP contribution in [0.1, 0.15) is 107 Å². The Morgan fingerprint density at radius 3 is 2.69 bits per heavy atom. The number of aryl methyl sites for hydroxylation is 1. The lowest BCUT2D eigenvalue weighted by atomic mass is 9.63. The lowest BCUT2D eigenvalue weighted by Gasteiger charge is -2.47. The number of ether oxygens (including phenoxy) is 1. The van der Waals surface area contributed by atoms with Crippen LogP contribution in [0.25, 0.3) is 0 Å². The molecular weight excluding hydrogens is 530 g/mol. The molecule has 7 nitrogen and oxygen atoms in total. The molecule has 4 aliphatic rings. The zero-order chi connectivity index (χ0) is 29.7. The largest absolute Gasteiger partial charge is 0.504 e. The Morgan fingerprint density at radius 1 is 1.12 bits per heavy atom. The highest BCUT2D eigenvalue weighted by Crippen LogP contribution is 2.52. The molecule has 0 amide bonds. The molecule has 1 aromatic carbocycles. The Balaban J connectivity index is 1.25. The number of carbonyl (C=O) groups excluding carboxylic acids is 2. The molecule has 0 bridgehead atoms. The first-order valence-electron chi connectivity index (χ1n) is 16.3. The smallest absolute Gasteiger partial charge is 0.160 e. The molecule has 0 radical (unpaired) electrons. The molecule has 1 aromatic rings. The van der Waals surface area contributed by atoms with Gasteiger partial charge in [-0.1, -0.05) is 31.1 Å². The van der Waals surface area contributed by atoms with E-state index in [-0.39, 0.29) is 35.9 Å². The van der Waals surface area contributed by atoms with Crippen molar-refractivity contribution in [3.8, 4) is 23.3 Å². The van der Waals surface area contributed by atoms with E-state index in [9.17, 15) is 24.9 Å². The number of phenolic OH excluding ortho intramolecular Hbond substituents is 1. The van der Waals surface area contributed by atoms with Crippen molar-refractivity contribution in [2.75, 3.05) is 20.3 Å². The molecule has 5 rings (SSSR count). The summed E-state index contributed by atoms with van der Waals surface area (Å²) in [5.41, 5.74) is 2.07. The minimum absolute atomic E-state index is 0.0377. The third-order valence-electron chi connectivity index (χ3n) is 10.9. The van der Waals surface area contributed by atoms with Crippen molar-refractivity contribution in [3.63, 3.8) is 0 Å². The molecule has 1 saturated heterocycles. The third kappa shape index (κ3) is 6.87. The van der Waals surface area contributed by atoms with Crippen LogP contribution in [0.4, 0.5) is 0 Å². The van der Waals surface area contributed by atoms with E-state index in [1.165, 1.54) is 39.2 Å². The molecule has 0 aromatic heterocycles. The number of nitrogens with one attached hydrogen (secondary N) is 1. The van der Waals surface area contributed by atoms with Crippen LogP contribution in [0.15, 0.2) is 12.1 Å². The van der Waals surface area contributed by atoms with E-state index in [0.717, 1.165) is 43.4 Å². The van der Waals surface area contributed by atoms with Crippen molar-refractivity contribution in [2.45, 2.75) is 114 Å². The van der Waals surface area contributed by atoms with Crippen molar-refractivity contribution < 1.29 is 29.6 Å². The Hall–Kier alpha value is -2.40. The predicted molar refractivity (Wildman–Crippen MR) is 161 cm³/mol. The van der Waals surface area contributed by atoms with Crippen molar-refractivity contribution in [3.05, 3.63) is 23.3 Å². The standard InChI is InChI=1S/C35H49NO6/c1-42-34-19-24-10-13-32(40)28(12-9-23(6-5-17-37)29(24)21-33(34)41)31(39)7-4-16-35(14-2-3-15-35)26-18-25-8-11-27(38)20-30(25)36-22-26/h19,21,23,25-26,28,30-31,36-37,39,41H,2-8,10-11,13-18,20,22H2,1H3. The van der Waals surface area contributed by atoms with Gasteiger partial charge in [-0.3, -0.25) is 9.59 Å². The van der Waals surface area contributed by atoms with Gasteiger partial charge in [-0.05, 0) is 105 Å². The maximum absolute atomic E-state index is 13.4. The summed E-state index contributed by atoms with van der Waals surface area (Å²) in [7, 11) is 1.51. The van der Waals surface area contributed by atoms with Crippen LogP contribution in [0.5, 0.6) is 11.5 Å². The van der Waals surface area contributed by atoms with E-state index >= 15 is 0 Å². The minimum atomic E-state index is -0.815. The summed E-state index contributed by atoms with van der Waals surface area (Å²) in [4.78, 5) is 25.4. The summed E-state index contributed by atoms with van der Waals surface area (Å²) in [5.74, 6) is 7.43. The SMILES string of the molecule is COc1cc2c(cc1O)C(CCCO)C#CC(C(O)CCCC1(C3CNC4CC(=O)CCC4C3)CCCC1)C(=O)CC2. The molecule has 0 spiro atoms. The zero-order valence-corrected chi connectivity index (χ0v) is 25.2. The Bertz CT molecular complexity index is 1180. The van der Waals surface area contributed by atoms with Gasteiger partial charge in [-0.2, -0.15) is 0 Å². The first-order chi connectivity index (χ1) is 20.3. The second-order valence-electron chi connectivity index (χ2n) is 13.4. The lowest BCUT2D eigenvalue weighted by Crippen LogP contribution is -2.52. The molecular formula is C35H49NO6. The van der Waals surface area contributed by atoms with Crippen LogP contribution >= 0.6 is 0 Å². The van der Waals surface area contributed by atoms with Gasteiger partial charge < -0.3 is 25.4 Å². The normalized spacial score (nSPS) is 29.7. The van der Waals surface area contributed by atoms with Crippen LogP contribution < -0.4 is 10.1 Å². The first kappa shape index (κ1) is 31.0. The number of aromatic hydroxyl groups is 1. The lowest BCUT2D eigenvalue weighted by molar-refractivity contribution is -0.124. The van der Waals surface area contributed by atoms with Crippen molar-refractivity contribution in [2.24, 2.45) is 23.2 Å². The van der Waals surface area contributed by atoms with Crippen LogP contribution in [0, 0.1) is 35.0 Å². The van der Waals surface area contributed by atoms with Gasteiger partial charge in [0, 0.05) is 37.8 Å². The summed E-state index contributed by atoms with van der Waals surface area (Å²) in [6, 6.07) is 3.82. The molecule has 7 heteroatoms. The maximum Gasteiger partial charge on any atom is 0.160 e. The van der Waals surface area contributed by atoms with E-state index in [1.807, 2.05) is 0 Å². The minimum Gasteiger partial charge on any atom is -0.504 e. The average molecular weight is 580 g/mol. The fraction of sp³-hybridized carbons (Fsp3) is 0.714. The fourth-order valence-corrected chi connectivity index (χ4v) is 8.49. The van der Waals surface area contributed by atoms with Crippen LogP contribution in [0.3, 0.4) is 0 Å². The Kier molecular flexibility index (Phi) is 10.3. The van der Waals surface area contributed by atoms with Gasteiger partial charge in [0.2, 0.25) is 0 Å². The van der Waals surface area contributed by atoms with Crippen molar-refractivity contribution in [1.29, 1.82) is 0 Å². The van der Waals surface area contributed by atoms with E-state index in [4.69, 9.17) is 4.74 Å². The highest BCUT2D eigenvalue weighted by atomic mass is 16.5. The molecule has 1 heterocycles. The average Bonchev–Trinajstić information content (AvgIpc) is 3.49. The maximum atomic E-state index is 13.4. The zero-order valence-electron chi connectivity index (χ0n) is 25.2. The van der Waals surface area contributed by atoms with Gasteiger partial charge in [0.15, 0.2) is 17.3 Å². The molecule has 3 aliphatic carbocycles. The highest BCUT2D eigenvalue weighted by Gasteiger charge is 2.45. The number of piperidine rings is 1. The number of carbonyl (C=O) groups is 2. The molecule has 4 N–H and O–H groups in total. The fourth-order valence-electron chi connectivity index (χ4n) is 8.49. The number of rotatable bonds is 10. The third-order valence-corrected chi connectivity index (χ3v) is 10.9. The number of ketones is 2. The molecule has 230 valence electrons. The molecule has 1 aliphatic heterocycles. The van der Waals surface area contributed by atoms with E-state index in [1.54, 1.807) is 12.1 Å². The van der Waals surface area contributed by atoms with Crippen LogP contribution in [-0.2, 0) is 16.0 Å². The quantitative estimate of drug-likeness (QED) is 0.294. The van der Waals surface area contributed by atoms with E-state index < -0.39 is 12.0 Å². The Labute approximate surface area is 250 Å². The monoisotopic (exact) mass is 579 g/mol. The molecule has 6 unspecified atom stereocenters. The number of aliphatic hydroxyl groups excluding tert-OH is 2. The van der Waals surface area contributed by atoms with Gasteiger partial charge in [-0.15, -0.1) is 0 Å². The van der Waals surface area contributed by atoms with E-state index in [0.29, 0.717) is 61.5 Å². The summed E-state index contributed by atoms with van der Waals surface area (Å²) in [6.45, 7) is 1.03. The topological polar surface area (TPSA) is 116 Å². The summed E-state index contributed by atoms with van der Waals surface area (Å²) >= 11 is 0. The van der Waals surface area contributed by atoms with Gasteiger partial charge in [0.1, 0.15) is 11.7 Å². The van der Waals surface area contributed by atoms with E-state index in [2.05, 4.69) is 17.2 Å². The number of hydrogen-bond acceptors (Lipinski definition) is 7. The number of aliphatic hydroxyl groups is 2. The number of fused-ring (bicyclic) bond motifs is 2. The van der Waals surface area contributed by atoms with Crippen LogP contribution in [-0.4, -0.2) is 59.3 Å². The second kappa shape index (κ2) is 13.9. The first-order valence-corrected chi connectivity index (χ1v) is 16.3. The number of Topliss-reactive ketones (excluding diaryl/α,β-unsaturated/α-hetero) is 2. The molecule has 6 atom stereocenters. The summed E-state index contributed by atoms with van der Waals surface area (Å²) in [6.07, 6.45) is 12.2. The summed E-state index contributed by atoms with van der Waals surface area (Å²) in [5, 5.41) is 35.0. The van der Waals surface area contributed by atoms with Crippen molar-refractivity contribution in [1.82, 2.24) is 5.32 Å². The highest BCUT2D eigenvalue weighted by molar-refractivity contribution is 5.85. The van der Waals surface area contributed by atoms with Gasteiger partial charge >= 0.3 is 0 Å². The number of phenols is 1. The molecule has 2 saturated carbocycles. The predicted octanol–water partition coefficient (Wildman–Crippen LogP) is 4.83. The Morgan fingerprint density at radius 2 is 1.93 bits per heavy atom. The second-order valence-corrected chi connectivity index (χ2v) is 13.4. The molecule has 3 fully saturated rings. The van der Waals surface area contributed by atoms with Crippen molar-refractivity contribution >= 4 is 11.6 Å². The number of benzene rings is 1. The number of hydrogen-bond donors (Lipinski definition) is 4. The van der Waals surface area contributed by atoms with Crippen LogP contribution in [0.2, 0.25) is 0 Å².